The Bertz CT molecular complexity index is 377. The van der Waals surface area contributed by atoms with Crippen LogP contribution >= 0.6 is 0 Å². The first-order valence-electron chi connectivity index (χ1n) is 7.40. The summed E-state index contributed by atoms with van der Waals surface area (Å²) in [6.07, 6.45) is 2.31. The standard InChI is InChI=1S/C17H30N2/c1-14-7-8-15(2)16(13-14)9-12-18-10-6-11-19-17(3,4)5/h7-8,13,18-19H,6,9-12H2,1-5H3. The molecule has 0 unspecified atom stereocenters. The van der Waals surface area contributed by atoms with Crippen molar-refractivity contribution in [2.45, 2.75) is 53.0 Å². The average molecular weight is 262 g/mol. The fourth-order valence-corrected chi connectivity index (χ4v) is 2.09. The molecule has 0 saturated carbocycles. The molecule has 0 spiro atoms. The molecule has 0 aromatic heterocycles. The summed E-state index contributed by atoms with van der Waals surface area (Å²) in [7, 11) is 0. The molecule has 0 aliphatic heterocycles. The smallest absolute Gasteiger partial charge is 0.00965 e. The van der Waals surface area contributed by atoms with Crippen LogP contribution in [0.4, 0.5) is 0 Å². The van der Waals surface area contributed by atoms with Crippen LogP contribution in [0.3, 0.4) is 0 Å². The summed E-state index contributed by atoms with van der Waals surface area (Å²) < 4.78 is 0. The summed E-state index contributed by atoms with van der Waals surface area (Å²) in [5, 5.41) is 7.03. The van der Waals surface area contributed by atoms with Crippen LogP contribution in [-0.4, -0.2) is 25.2 Å². The van der Waals surface area contributed by atoms with Gasteiger partial charge in [-0.15, -0.1) is 0 Å². The summed E-state index contributed by atoms with van der Waals surface area (Å²) in [5.41, 5.74) is 4.47. The molecule has 2 heteroatoms. The fraction of sp³-hybridized carbons (Fsp3) is 0.647. The zero-order valence-electron chi connectivity index (χ0n) is 13.3. The van der Waals surface area contributed by atoms with Crippen molar-refractivity contribution in [2.75, 3.05) is 19.6 Å². The van der Waals surface area contributed by atoms with Gasteiger partial charge in [0.2, 0.25) is 0 Å². The van der Waals surface area contributed by atoms with Crippen LogP contribution in [0, 0.1) is 13.8 Å². The Kier molecular flexibility index (Phi) is 6.53. The van der Waals surface area contributed by atoms with Gasteiger partial charge in [-0.2, -0.15) is 0 Å². The van der Waals surface area contributed by atoms with E-state index in [2.05, 4.69) is 63.5 Å². The Morgan fingerprint density at radius 3 is 2.42 bits per heavy atom. The molecule has 2 N–H and O–H groups in total. The summed E-state index contributed by atoms with van der Waals surface area (Å²) in [6.45, 7) is 14.2. The van der Waals surface area contributed by atoms with Crippen molar-refractivity contribution >= 4 is 0 Å². The van der Waals surface area contributed by atoms with Gasteiger partial charge >= 0.3 is 0 Å². The Labute approximate surface area is 119 Å². The first kappa shape index (κ1) is 16.2. The highest BCUT2D eigenvalue weighted by Crippen LogP contribution is 2.10. The monoisotopic (exact) mass is 262 g/mol. The van der Waals surface area contributed by atoms with E-state index in [-0.39, 0.29) is 5.54 Å². The van der Waals surface area contributed by atoms with Crippen LogP contribution in [0.25, 0.3) is 0 Å². The van der Waals surface area contributed by atoms with Crippen LogP contribution in [0.1, 0.15) is 43.9 Å². The molecule has 0 heterocycles. The average Bonchev–Trinajstić information content (AvgIpc) is 2.31. The minimum atomic E-state index is 0.235. The lowest BCUT2D eigenvalue weighted by molar-refractivity contribution is 0.419. The Balaban J connectivity index is 2.12. The quantitative estimate of drug-likeness (QED) is 0.737. The van der Waals surface area contributed by atoms with Crippen LogP contribution in [0.5, 0.6) is 0 Å². The predicted molar refractivity (Wildman–Crippen MR) is 84.9 cm³/mol. The molecule has 0 bridgehead atoms. The zero-order chi connectivity index (χ0) is 14.3. The minimum Gasteiger partial charge on any atom is -0.316 e. The lowest BCUT2D eigenvalue weighted by Crippen LogP contribution is -2.37. The molecule has 108 valence electrons. The van der Waals surface area contributed by atoms with Crippen molar-refractivity contribution in [2.24, 2.45) is 0 Å². The maximum atomic E-state index is 3.53. The lowest BCUT2D eigenvalue weighted by Gasteiger charge is -2.20. The fourth-order valence-electron chi connectivity index (χ4n) is 2.09. The van der Waals surface area contributed by atoms with Gasteiger partial charge in [-0.25, -0.2) is 0 Å². The molecule has 0 radical (unpaired) electrons. The van der Waals surface area contributed by atoms with Crippen molar-refractivity contribution in [1.29, 1.82) is 0 Å². The number of benzene rings is 1. The highest BCUT2D eigenvalue weighted by atomic mass is 14.9. The molecule has 0 amide bonds. The molecule has 0 aliphatic rings. The third kappa shape index (κ3) is 7.34. The number of nitrogens with one attached hydrogen (secondary N) is 2. The van der Waals surface area contributed by atoms with E-state index in [4.69, 9.17) is 0 Å². The second-order valence-electron chi connectivity index (χ2n) is 6.46. The van der Waals surface area contributed by atoms with Crippen LogP contribution < -0.4 is 10.6 Å². The first-order chi connectivity index (χ1) is 8.88. The molecule has 19 heavy (non-hydrogen) atoms. The molecular weight excluding hydrogens is 232 g/mol. The molecule has 0 aliphatic carbocycles. The predicted octanol–water partition coefficient (Wildman–Crippen LogP) is 3.21. The second kappa shape index (κ2) is 7.66. The highest BCUT2D eigenvalue weighted by Gasteiger charge is 2.06. The third-order valence-electron chi connectivity index (χ3n) is 3.26. The minimum absolute atomic E-state index is 0.235. The topological polar surface area (TPSA) is 24.1 Å². The number of hydrogen-bond donors (Lipinski definition) is 2. The maximum Gasteiger partial charge on any atom is 0.00965 e. The third-order valence-corrected chi connectivity index (χ3v) is 3.26. The molecule has 1 aromatic rings. The largest absolute Gasteiger partial charge is 0.316 e. The van der Waals surface area contributed by atoms with E-state index >= 15 is 0 Å². The van der Waals surface area contributed by atoms with Gasteiger partial charge < -0.3 is 10.6 Å². The zero-order valence-corrected chi connectivity index (χ0v) is 13.3. The van der Waals surface area contributed by atoms with E-state index < -0.39 is 0 Å². The van der Waals surface area contributed by atoms with Crippen molar-refractivity contribution in [1.82, 2.24) is 10.6 Å². The van der Waals surface area contributed by atoms with E-state index in [0.717, 1.165) is 26.1 Å². The maximum absolute atomic E-state index is 3.53. The molecule has 1 rings (SSSR count). The molecule has 2 nitrogen and oxygen atoms in total. The van der Waals surface area contributed by atoms with Crippen LogP contribution in [-0.2, 0) is 6.42 Å². The number of aryl methyl sites for hydroxylation is 2. The SMILES string of the molecule is Cc1ccc(C)c(CCNCCCNC(C)(C)C)c1. The molecule has 1 aromatic carbocycles. The first-order valence-corrected chi connectivity index (χ1v) is 7.40. The van der Waals surface area contributed by atoms with Gasteiger partial charge in [-0.1, -0.05) is 23.8 Å². The van der Waals surface area contributed by atoms with Crippen LogP contribution in [0.15, 0.2) is 18.2 Å². The molecule has 0 saturated heterocycles. The van der Waals surface area contributed by atoms with Gasteiger partial charge in [0.05, 0.1) is 0 Å². The van der Waals surface area contributed by atoms with Gasteiger partial charge in [0.1, 0.15) is 0 Å². The molecule has 0 atom stereocenters. The van der Waals surface area contributed by atoms with E-state index in [9.17, 15) is 0 Å². The van der Waals surface area contributed by atoms with E-state index in [1.54, 1.807) is 0 Å². The summed E-state index contributed by atoms with van der Waals surface area (Å²) in [5.74, 6) is 0. The molecular formula is C17H30N2. The Hall–Kier alpha value is -0.860. The summed E-state index contributed by atoms with van der Waals surface area (Å²) >= 11 is 0. The van der Waals surface area contributed by atoms with Gasteiger partial charge in [-0.05, 0) is 78.2 Å². The normalized spacial score (nSPS) is 11.8. The Morgan fingerprint density at radius 2 is 1.74 bits per heavy atom. The Morgan fingerprint density at radius 1 is 1.00 bits per heavy atom. The number of hydrogen-bond acceptors (Lipinski definition) is 2. The van der Waals surface area contributed by atoms with Gasteiger partial charge in [-0.3, -0.25) is 0 Å². The van der Waals surface area contributed by atoms with E-state index in [0.29, 0.717) is 0 Å². The van der Waals surface area contributed by atoms with Gasteiger partial charge in [0.25, 0.3) is 0 Å². The van der Waals surface area contributed by atoms with Crippen LogP contribution in [0.2, 0.25) is 0 Å². The second-order valence-corrected chi connectivity index (χ2v) is 6.46. The van der Waals surface area contributed by atoms with E-state index in [1.165, 1.54) is 23.1 Å². The molecule has 0 fully saturated rings. The lowest BCUT2D eigenvalue weighted by atomic mass is 10.0. The van der Waals surface area contributed by atoms with Gasteiger partial charge in [0, 0.05) is 5.54 Å². The number of rotatable bonds is 7. The van der Waals surface area contributed by atoms with Crippen molar-refractivity contribution in [3.8, 4) is 0 Å². The van der Waals surface area contributed by atoms with Gasteiger partial charge in [0.15, 0.2) is 0 Å². The highest BCUT2D eigenvalue weighted by molar-refractivity contribution is 5.30. The summed E-state index contributed by atoms with van der Waals surface area (Å²) in [4.78, 5) is 0. The van der Waals surface area contributed by atoms with Crippen molar-refractivity contribution in [3.63, 3.8) is 0 Å². The van der Waals surface area contributed by atoms with Crippen molar-refractivity contribution in [3.05, 3.63) is 34.9 Å². The summed E-state index contributed by atoms with van der Waals surface area (Å²) in [6, 6.07) is 6.71. The van der Waals surface area contributed by atoms with Crippen molar-refractivity contribution < 1.29 is 0 Å². The van der Waals surface area contributed by atoms with E-state index in [1.807, 2.05) is 0 Å².